The Bertz CT molecular complexity index is 965. The van der Waals surface area contributed by atoms with E-state index >= 15 is 0 Å². The van der Waals surface area contributed by atoms with Gasteiger partial charge in [0.15, 0.2) is 10.8 Å². The third kappa shape index (κ3) is 4.11. The van der Waals surface area contributed by atoms with E-state index in [0.717, 1.165) is 5.56 Å². The van der Waals surface area contributed by atoms with Crippen LogP contribution in [0.2, 0.25) is 10.0 Å². The summed E-state index contributed by atoms with van der Waals surface area (Å²) in [6.45, 7) is 2.10. The van der Waals surface area contributed by atoms with E-state index in [1.54, 1.807) is 47.7 Å². The predicted molar refractivity (Wildman–Crippen MR) is 101 cm³/mol. The number of aromatic nitrogens is 3. The molecule has 3 aromatic rings. The monoisotopic (exact) mass is 412 g/mol. The van der Waals surface area contributed by atoms with Crippen molar-refractivity contribution in [1.29, 1.82) is 0 Å². The number of carbonyl (C=O) groups is 1. The Morgan fingerprint density at radius 2 is 2.12 bits per heavy atom. The molecule has 1 amide bonds. The van der Waals surface area contributed by atoms with Crippen LogP contribution in [0.5, 0.6) is 0 Å². The van der Waals surface area contributed by atoms with Crippen LogP contribution in [-0.4, -0.2) is 37.7 Å². The lowest BCUT2D eigenvalue weighted by Gasteiger charge is -2.20. The number of hydrogen-bond acceptors (Lipinski definition) is 4. The Balaban J connectivity index is 1.73. The van der Waals surface area contributed by atoms with Gasteiger partial charge in [-0.25, -0.2) is 4.39 Å². The quantitative estimate of drug-likeness (QED) is 0.585. The van der Waals surface area contributed by atoms with Crippen LogP contribution in [0.25, 0.3) is 5.65 Å². The van der Waals surface area contributed by atoms with E-state index in [1.807, 2.05) is 0 Å². The van der Waals surface area contributed by atoms with Crippen LogP contribution in [0.1, 0.15) is 12.5 Å². The van der Waals surface area contributed by atoms with E-state index < -0.39 is 5.25 Å². The third-order valence-corrected chi connectivity index (χ3v) is 5.24. The number of halogens is 3. The highest BCUT2D eigenvalue weighted by Gasteiger charge is 2.22. The standard InChI is InChI=1S/C17H15Cl2FN4OS/c1-10(16(25)23(2)8-11-4-3-5-13(20)6-11)26-17-22-21-15-14(19)7-12(18)9-24(15)17/h3-7,9-10H,8H2,1-2H3. The molecule has 1 atom stereocenters. The number of pyridine rings is 1. The molecule has 136 valence electrons. The summed E-state index contributed by atoms with van der Waals surface area (Å²) >= 11 is 13.4. The maximum absolute atomic E-state index is 13.3. The van der Waals surface area contributed by atoms with E-state index in [2.05, 4.69) is 10.2 Å². The fraction of sp³-hybridized carbons (Fsp3) is 0.235. The molecule has 0 bridgehead atoms. The molecule has 3 rings (SSSR count). The summed E-state index contributed by atoms with van der Waals surface area (Å²) in [7, 11) is 1.68. The first kappa shape index (κ1) is 18.9. The van der Waals surface area contributed by atoms with Crippen LogP contribution in [0.3, 0.4) is 0 Å². The van der Waals surface area contributed by atoms with Gasteiger partial charge in [0.05, 0.1) is 15.3 Å². The highest BCUT2D eigenvalue weighted by Crippen LogP contribution is 2.28. The smallest absolute Gasteiger partial charge is 0.235 e. The van der Waals surface area contributed by atoms with Crippen LogP contribution >= 0.6 is 35.0 Å². The van der Waals surface area contributed by atoms with Crippen molar-refractivity contribution in [1.82, 2.24) is 19.5 Å². The summed E-state index contributed by atoms with van der Waals surface area (Å²) < 4.78 is 15.0. The van der Waals surface area contributed by atoms with Gasteiger partial charge in [-0.3, -0.25) is 9.20 Å². The van der Waals surface area contributed by atoms with Gasteiger partial charge in [-0.1, -0.05) is 47.1 Å². The SMILES string of the molecule is CC(Sc1nnc2c(Cl)cc(Cl)cn12)C(=O)N(C)Cc1cccc(F)c1. The lowest BCUT2D eigenvalue weighted by molar-refractivity contribution is -0.129. The van der Waals surface area contributed by atoms with E-state index in [9.17, 15) is 9.18 Å². The molecule has 2 heterocycles. The van der Waals surface area contributed by atoms with E-state index in [1.165, 1.54) is 23.9 Å². The number of hydrogen-bond donors (Lipinski definition) is 0. The summed E-state index contributed by atoms with van der Waals surface area (Å²) in [4.78, 5) is 14.2. The fourth-order valence-corrected chi connectivity index (χ4v) is 3.94. The second kappa shape index (κ2) is 7.82. The number of amides is 1. The zero-order valence-corrected chi connectivity index (χ0v) is 16.3. The number of carbonyl (C=O) groups excluding carboxylic acids is 1. The summed E-state index contributed by atoms with van der Waals surface area (Å²) in [5.74, 6) is -0.432. The molecule has 0 aliphatic heterocycles. The topological polar surface area (TPSA) is 50.5 Å². The van der Waals surface area contributed by atoms with Crippen LogP contribution in [0.4, 0.5) is 4.39 Å². The molecule has 1 unspecified atom stereocenters. The molecule has 5 nitrogen and oxygen atoms in total. The Hall–Kier alpha value is -1.83. The second-order valence-electron chi connectivity index (χ2n) is 5.77. The van der Waals surface area contributed by atoms with E-state index in [0.29, 0.717) is 27.4 Å². The summed E-state index contributed by atoms with van der Waals surface area (Å²) in [5, 5.41) is 9.05. The van der Waals surface area contributed by atoms with E-state index in [4.69, 9.17) is 23.2 Å². The molecule has 9 heteroatoms. The van der Waals surface area contributed by atoms with Gasteiger partial charge in [0, 0.05) is 19.8 Å². The minimum Gasteiger partial charge on any atom is -0.340 e. The van der Waals surface area contributed by atoms with E-state index in [-0.39, 0.29) is 11.7 Å². The zero-order valence-electron chi connectivity index (χ0n) is 14.0. The van der Waals surface area contributed by atoms with Gasteiger partial charge in [-0.05, 0) is 30.7 Å². The molecule has 0 N–H and O–H groups in total. The van der Waals surface area contributed by atoms with Gasteiger partial charge in [0.25, 0.3) is 0 Å². The Morgan fingerprint density at radius 1 is 1.35 bits per heavy atom. The molecule has 0 saturated carbocycles. The van der Waals surface area contributed by atoms with Crippen molar-refractivity contribution >= 4 is 46.5 Å². The first-order valence-corrected chi connectivity index (χ1v) is 9.34. The molecular formula is C17H15Cl2FN4OS. The highest BCUT2D eigenvalue weighted by molar-refractivity contribution is 8.00. The number of thioether (sulfide) groups is 1. The Labute approximate surface area is 164 Å². The van der Waals surface area contributed by atoms with Crippen molar-refractivity contribution < 1.29 is 9.18 Å². The van der Waals surface area contributed by atoms with Crippen molar-refractivity contribution in [3.63, 3.8) is 0 Å². The van der Waals surface area contributed by atoms with Gasteiger partial charge < -0.3 is 4.90 Å². The molecule has 0 spiro atoms. The normalized spacial score (nSPS) is 12.3. The molecule has 0 saturated heterocycles. The Kier molecular flexibility index (Phi) is 5.70. The minimum absolute atomic E-state index is 0.107. The lowest BCUT2D eigenvalue weighted by Crippen LogP contribution is -2.32. The van der Waals surface area contributed by atoms with Gasteiger partial charge in [-0.15, -0.1) is 10.2 Å². The second-order valence-corrected chi connectivity index (χ2v) is 7.92. The first-order valence-electron chi connectivity index (χ1n) is 7.71. The number of nitrogens with zero attached hydrogens (tertiary/aromatic N) is 4. The van der Waals surface area contributed by atoms with Crippen molar-refractivity contribution in [2.45, 2.75) is 23.9 Å². The molecule has 26 heavy (non-hydrogen) atoms. The van der Waals surface area contributed by atoms with Crippen molar-refractivity contribution in [3.8, 4) is 0 Å². The average molecular weight is 413 g/mol. The van der Waals surface area contributed by atoms with Crippen molar-refractivity contribution in [3.05, 3.63) is 58.0 Å². The Morgan fingerprint density at radius 3 is 2.85 bits per heavy atom. The molecule has 1 aromatic carbocycles. The van der Waals surface area contributed by atoms with Crippen molar-refractivity contribution in [2.24, 2.45) is 0 Å². The molecular weight excluding hydrogens is 398 g/mol. The summed E-state index contributed by atoms with van der Waals surface area (Å²) in [6, 6.07) is 7.77. The zero-order chi connectivity index (χ0) is 18.8. The van der Waals surface area contributed by atoms with Crippen LogP contribution < -0.4 is 0 Å². The van der Waals surface area contributed by atoms with Gasteiger partial charge in [-0.2, -0.15) is 0 Å². The summed E-state index contributed by atoms with van der Waals surface area (Å²) in [5.41, 5.74) is 1.20. The maximum atomic E-state index is 13.3. The number of benzene rings is 1. The lowest BCUT2D eigenvalue weighted by atomic mass is 10.2. The highest BCUT2D eigenvalue weighted by atomic mass is 35.5. The number of fused-ring (bicyclic) bond motifs is 1. The minimum atomic E-state index is -0.418. The first-order chi connectivity index (χ1) is 12.3. The van der Waals surface area contributed by atoms with Crippen LogP contribution in [0.15, 0.2) is 41.7 Å². The van der Waals surface area contributed by atoms with Gasteiger partial charge in [0.1, 0.15) is 5.82 Å². The van der Waals surface area contributed by atoms with Gasteiger partial charge >= 0.3 is 0 Å². The molecule has 0 aliphatic rings. The fourth-order valence-electron chi connectivity index (χ4n) is 2.49. The third-order valence-electron chi connectivity index (χ3n) is 3.71. The number of rotatable bonds is 5. The molecule has 0 radical (unpaired) electrons. The molecule has 0 aliphatic carbocycles. The summed E-state index contributed by atoms with van der Waals surface area (Å²) in [6.07, 6.45) is 1.65. The molecule has 2 aromatic heterocycles. The van der Waals surface area contributed by atoms with Crippen LogP contribution in [-0.2, 0) is 11.3 Å². The predicted octanol–water partition coefficient (Wildman–Crippen LogP) is 4.31. The largest absolute Gasteiger partial charge is 0.340 e. The van der Waals surface area contributed by atoms with Gasteiger partial charge in [0.2, 0.25) is 5.91 Å². The maximum Gasteiger partial charge on any atom is 0.235 e. The molecule has 0 fully saturated rings. The average Bonchev–Trinajstić information content (AvgIpc) is 2.97. The van der Waals surface area contributed by atoms with Crippen molar-refractivity contribution in [2.75, 3.05) is 7.05 Å². The van der Waals surface area contributed by atoms with Crippen LogP contribution in [0, 0.1) is 5.82 Å².